The SMILES string of the molecule is C=C/C=C(SC(=C)/C(=N\C(=C/C)N1CCC2(CCCC2)CC1)C1CC1)\C(Cl)=C(/C)Cl. The van der Waals surface area contributed by atoms with Crippen LogP contribution < -0.4 is 0 Å². The highest BCUT2D eigenvalue weighted by Crippen LogP contribution is 2.47. The van der Waals surface area contributed by atoms with E-state index in [0.29, 0.717) is 21.4 Å². The number of allylic oxidation sites excluding steroid dienone is 6. The van der Waals surface area contributed by atoms with E-state index in [9.17, 15) is 0 Å². The summed E-state index contributed by atoms with van der Waals surface area (Å²) in [6.07, 6.45) is 16.4. The molecule has 0 aromatic heterocycles. The summed E-state index contributed by atoms with van der Waals surface area (Å²) in [7, 11) is 0. The molecule has 164 valence electrons. The third-order valence-corrected chi connectivity index (χ3v) is 8.48. The number of hydrogen-bond donors (Lipinski definition) is 0. The van der Waals surface area contributed by atoms with Crippen molar-refractivity contribution in [3.8, 4) is 0 Å². The van der Waals surface area contributed by atoms with E-state index >= 15 is 0 Å². The number of hydrogen-bond acceptors (Lipinski definition) is 3. The molecule has 0 aromatic carbocycles. The van der Waals surface area contributed by atoms with Crippen molar-refractivity contribution in [3.63, 3.8) is 0 Å². The lowest BCUT2D eigenvalue weighted by atomic mass is 9.77. The highest BCUT2D eigenvalue weighted by Gasteiger charge is 2.37. The van der Waals surface area contributed by atoms with Crippen LogP contribution in [0.15, 0.2) is 62.1 Å². The molecule has 3 fully saturated rings. The summed E-state index contributed by atoms with van der Waals surface area (Å²) in [5, 5.41) is 1.11. The molecule has 30 heavy (non-hydrogen) atoms. The van der Waals surface area contributed by atoms with E-state index in [4.69, 9.17) is 28.2 Å². The maximum absolute atomic E-state index is 6.43. The van der Waals surface area contributed by atoms with Gasteiger partial charge in [0.25, 0.3) is 0 Å². The molecule has 3 rings (SSSR count). The van der Waals surface area contributed by atoms with Crippen LogP contribution in [-0.4, -0.2) is 23.7 Å². The second kappa shape index (κ2) is 10.6. The van der Waals surface area contributed by atoms with Gasteiger partial charge in [-0.1, -0.05) is 67.0 Å². The number of halogens is 2. The van der Waals surface area contributed by atoms with Crippen LogP contribution in [0, 0.1) is 11.3 Å². The molecule has 0 aromatic rings. The lowest BCUT2D eigenvalue weighted by Crippen LogP contribution is -2.38. The summed E-state index contributed by atoms with van der Waals surface area (Å²) >= 11 is 14.1. The molecule has 0 atom stereocenters. The van der Waals surface area contributed by atoms with Crippen molar-refractivity contribution < 1.29 is 0 Å². The van der Waals surface area contributed by atoms with Gasteiger partial charge in [-0.2, -0.15) is 0 Å². The van der Waals surface area contributed by atoms with Crippen molar-refractivity contribution in [2.75, 3.05) is 13.1 Å². The van der Waals surface area contributed by atoms with Crippen molar-refractivity contribution in [1.82, 2.24) is 4.90 Å². The molecule has 0 amide bonds. The van der Waals surface area contributed by atoms with Gasteiger partial charge in [0.05, 0.1) is 10.7 Å². The minimum absolute atomic E-state index is 0.496. The highest BCUT2D eigenvalue weighted by molar-refractivity contribution is 8.07. The molecule has 2 saturated carbocycles. The van der Waals surface area contributed by atoms with Crippen molar-refractivity contribution in [2.24, 2.45) is 16.3 Å². The van der Waals surface area contributed by atoms with Gasteiger partial charge in [0.15, 0.2) is 0 Å². The second-order valence-electron chi connectivity index (χ2n) is 8.75. The van der Waals surface area contributed by atoms with Gasteiger partial charge in [0.1, 0.15) is 5.82 Å². The summed E-state index contributed by atoms with van der Waals surface area (Å²) in [5.74, 6) is 1.59. The van der Waals surface area contributed by atoms with Crippen LogP contribution in [0.5, 0.6) is 0 Å². The number of thioether (sulfide) groups is 1. The Morgan fingerprint density at radius 2 is 1.77 bits per heavy atom. The molecule has 0 N–H and O–H groups in total. The maximum atomic E-state index is 6.43. The van der Waals surface area contributed by atoms with Crippen LogP contribution in [0.3, 0.4) is 0 Å². The predicted octanol–water partition coefficient (Wildman–Crippen LogP) is 8.38. The number of nitrogens with zero attached hydrogens (tertiary/aromatic N) is 2. The first-order valence-electron chi connectivity index (χ1n) is 11.1. The Labute approximate surface area is 196 Å². The van der Waals surface area contributed by atoms with Gasteiger partial charge >= 0.3 is 0 Å². The Kier molecular flexibility index (Phi) is 8.40. The molecule has 1 spiro atoms. The van der Waals surface area contributed by atoms with E-state index in [1.54, 1.807) is 24.8 Å². The predicted molar refractivity (Wildman–Crippen MR) is 135 cm³/mol. The molecule has 1 saturated heterocycles. The van der Waals surface area contributed by atoms with E-state index < -0.39 is 0 Å². The van der Waals surface area contributed by atoms with Crippen molar-refractivity contribution in [2.45, 2.75) is 65.2 Å². The average Bonchev–Trinajstić information content (AvgIpc) is 3.48. The first kappa shape index (κ1) is 23.8. The van der Waals surface area contributed by atoms with E-state index in [1.807, 2.05) is 6.08 Å². The molecule has 2 nitrogen and oxygen atoms in total. The molecule has 1 heterocycles. The Morgan fingerprint density at radius 3 is 2.27 bits per heavy atom. The third-order valence-electron chi connectivity index (χ3n) is 6.58. The van der Waals surface area contributed by atoms with Gasteiger partial charge in [-0.3, -0.25) is 0 Å². The number of rotatable bonds is 8. The van der Waals surface area contributed by atoms with Gasteiger partial charge < -0.3 is 4.90 Å². The van der Waals surface area contributed by atoms with Crippen LogP contribution in [0.4, 0.5) is 0 Å². The second-order valence-corrected chi connectivity index (χ2v) is 10.8. The fourth-order valence-corrected chi connectivity index (χ4v) is 5.95. The van der Waals surface area contributed by atoms with Crippen molar-refractivity contribution >= 4 is 40.7 Å². The summed E-state index contributed by atoms with van der Waals surface area (Å²) in [4.78, 5) is 9.43. The average molecular weight is 466 g/mol. The molecule has 2 aliphatic carbocycles. The quantitative estimate of drug-likeness (QED) is 0.264. The first-order valence-corrected chi connectivity index (χ1v) is 12.7. The fourth-order valence-electron chi connectivity index (χ4n) is 4.63. The number of aliphatic imine (C=N–C) groups is 1. The normalized spacial score (nSPS) is 23.6. The minimum atomic E-state index is 0.496. The highest BCUT2D eigenvalue weighted by atomic mass is 35.5. The van der Waals surface area contributed by atoms with Gasteiger partial charge in [-0.05, 0) is 69.9 Å². The molecular formula is C25H34Cl2N2S. The number of piperidine rings is 1. The molecule has 0 unspecified atom stereocenters. The molecule has 3 aliphatic rings. The largest absolute Gasteiger partial charge is 0.357 e. The smallest absolute Gasteiger partial charge is 0.124 e. The molecular weight excluding hydrogens is 431 g/mol. The van der Waals surface area contributed by atoms with Crippen molar-refractivity contribution in [1.29, 1.82) is 0 Å². The molecule has 0 radical (unpaired) electrons. The van der Waals surface area contributed by atoms with Crippen LogP contribution in [0.2, 0.25) is 0 Å². The monoisotopic (exact) mass is 464 g/mol. The van der Waals surface area contributed by atoms with Gasteiger partial charge in [0.2, 0.25) is 0 Å². The summed E-state index contributed by atoms with van der Waals surface area (Å²) in [6, 6.07) is 0. The van der Waals surface area contributed by atoms with Crippen LogP contribution in [0.1, 0.15) is 65.2 Å². The van der Waals surface area contributed by atoms with E-state index in [1.165, 1.54) is 51.4 Å². The van der Waals surface area contributed by atoms with Gasteiger partial charge in [-0.15, -0.1) is 0 Å². The summed E-state index contributed by atoms with van der Waals surface area (Å²) in [5.41, 5.74) is 1.71. The minimum Gasteiger partial charge on any atom is -0.357 e. The van der Waals surface area contributed by atoms with Gasteiger partial charge in [-0.25, -0.2) is 4.99 Å². The molecule has 0 bridgehead atoms. The topological polar surface area (TPSA) is 15.6 Å². The molecule has 5 heteroatoms. The zero-order valence-electron chi connectivity index (χ0n) is 18.4. The standard InChI is InChI=1S/C25H34Cl2N2S/c1-5-9-21(23(27)18(3)26)30-19(4)24(20-10-11-20)28-22(6-2)29-16-14-25(15-17-29)12-7-8-13-25/h5-6,9,20H,1,4,7-8,10-17H2,2-3H3/b21-9+,22-6+,23-18-,28-24+. The van der Waals surface area contributed by atoms with E-state index in [2.05, 4.69) is 31.1 Å². The van der Waals surface area contributed by atoms with Crippen LogP contribution in [0.25, 0.3) is 0 Å². The maximum Gasteiger partial charge on any atom is 0.124 e. The summed E-state index contributed by atoms with van der Waals surface area (Å²) < 4.78 is 0. The zero-order chi connectivity index (χ0) is 21.7. The zero-order valence-corrected chi connectivity index (χ0v) is 20.7. The summed E-state index contributed by atoms with van der Waals surface area (Å²) in [6.45, 7) is 14.3. The third kappa shape index (κ3) is 5.87. The van der Waals surface area contributed by atoms with Crippen molar-refractivity contribution in [3.05, 3.63) is 57.1 Å². The number of likely N-dealkylation sites (tertiary alicyclic amines) is 1. The first-order chi connectivity index (χ1) is 14.4. The fraction of sp³-hybridized carbons (Fsp3) is 0.560. The van der Waals surface area contributed by atoms with E-state index in [0.717, 1.165) is 34.4 Å². The lowest BCUT2D eigenvalue weighted by molar-refractivity contribution is 0.132. The lowest BCUT2D eigenvalue weighted by Gasteiger charge is -2.40. The van der Waals surface area contributed by atoms with E-state index in [-0.39, 0.29) is 0 Å². The Bertz CT molecular complexity index is 782. The van der Waals surface area contributed by atoms with Crippen LogP contribution in [-0.2, 0) is 0 Å². The Balaban J connectivity index is 1.74. The Hall–Kier alpha value is -0.900. The van der Waals surface area contributed by atoms with Gasteiger partial charge in [0, 0.05) is 33.8 Å². The van der Waals surface area contributed by atoms with Crippen LogP contribution >= 0.6 is 35.0 Å². The molecule has 1 aliphatic heterocycles. The Morgan fingerprint density at radius 1 is 1.13 bits per heavy atom.